The molecule has 29 heavy (non-hydrogen) atoms. The van der Waals surface area contributed by atoms with Crippen LogP contribution in [-0.2, 0) is 11.2 Å². The van der Waals surface area contributed by atoms with E-state index in [1.165, 1.54) is 4.88 Å². The van der Waals surface area contributed by atoms with Gasteiger partial charge in [0.25, 0.3) is 5.91 Å². The van der Waals surface area contributed by atoms with E-state index in [0.717, 1.165) is 11.1 Å². The summed E-state index contributed by atoms with van der Waals surface area (Å²) in [5.41, 5.74) is 2.91. The SMILES string of the molecule is CN1CCN(C(=O)c2ccncc2)CC(Cc2ccccc2-c2cccs2)C1=O. The molecule has 3 aromatic rings. The highest BCUT2D eigenvalue weighted by atomic mass is 32.1. The second-order valence-electron chi connectivity index (χ2n) is 7.28. The lowest BCUT2D eigenvalue weighted by Gasteiger charge is -2.24. The molecule has 0 bridgehead atoms. The van der Waals surface area contributed by atoms with Gasteiger partial charge in [-0.15, -0.1) is 11.3 Å². The standard InChI is InChI=1S/C23H23N3O2S/c1-25-12-13-26(23(28)17-8-10-24-11-9-17)16-19(22(25)27)15-18-5-2-3-6-20(18)21-7-4-14-29-21/h2-11,14,19H,12-13,15-16H2,1H3. The predicted octanol–water partition coefficient (Wildman–Crippen LogP) is 3.58. The number of likely N-dealkylation sites (N-methyl/N-ethyl adjacent to an activating group) is 1. The molecule has 1 aliphatic rings. The first-order valence-electron chi connectivity index (χ1n) is 9.69. The fourth-order valence-corrected chi connectivity index (χ4v) is 4.56. The van der Waals surface area contributed by atoms with Crippen molar-refractivity contribution in [1.29, 1.82) is 0 Å². The van der Waals surface area contributed by atoms with Gasteiger partial charge in [0, 0.05) is 49.5 Å². The maximum atomic E-state index is 13.0. The molecule has 0 N–H and O–H groups in total. The number of benzene rings is 1. The third kappa shape index (κ3) is 4.22. The zero-order chi connectivity index (χ0) is 20.2. The van der Waals surface area contributed by atoms with Crippen LogP contribution in [0.15, 0.2) is 66.3 Å². The summed E-state index contributed by atoms with van der Waals surface area (Å²) in [6.45, 7) is 1.49. The van der Waals surface area contributed by atoms with E-state index >= 15 is 0 Å². The molecular weight excluding hydrogens is 382 g/mol. The highest BCUT2D eigenvalue weighted by Gasteiger charge is 2.31. The monoisotopic (exact) mass is 405 g/mol. The molecule has 0 radical (unpaired) electrons. The molecule has 0 aliphatic carbocycles. The minimum atomic E-state index is -0.269. The summed E-state index contributed by atoms with van der Waals surface area (Å²) < 4.78 is 0. The van der Waals surface area contributed by atoms with Gasteiger partial charge in [-0.25, -0.2) is 0 Å². The number of amides is 2. The number of carbonyl (C=O) groups excluding carboxylic acids is 2. The van der Waals surface area contributed by atoms with Gasteiger partial charge in [-0.1, -0.05) is 30.3 Å². The van der Waals surface area contributed by atoms with Crippen LogP contribution < -0.4 is 0 Å². The molecule has 5 nitrogen and oxygen atoms in total. The third-order valence-electron chi connectivity index (χ3n) is 5.36. The lowest BCUT2D eigenvalue weighted by molar-refractivity contribution is -0.133. The number of hydrogen-bond donors (Lipinski definition) is 0. The van der Waals surface area contributed by atoms with Crippen molar-refractivity contribution in [2.24, 2.45) is 5.92 Å². The van der Waals surface area contributed by atoms with Crippen molar-refractivity contribution in [2.75, 3.05) is 26.7 Å². The first kappa shape index (κ1) is 19.3. The highest BCUT2D eigenvalue weighted by Crippen LogP contribution is 2.30. The van der Waals surface area contributed by atoms with Gasteiger partial charge in [-0.05, 0) is 41.1 Å². The number of aromatic nitrogens is 1. The number of nitrogens with zero attached hydrogens (tertiary/aromatic N) is 3. The van der Waals surface area contributed by atoms with Crippen LogP contribution in [0, 0.1) is 5.92 Å². The van der Waals surface area contributed by atoms with Crippen LogP contribution in [0.25, 0.3) is 10.4 Å². The van der Waals surface area contributed by atoms with Gasteiger partial charge in [0.05, 0.1) is 5.92 Å². The molecule has 1 unspecified atom stereocenters. The van der Waals surface area contributed by atoms with E-state index in [0.29, 0.717) is 31.6 Å². The molecule has 148 valence electrons. The molecular formula is C23H23N3O2S. The van der Waals surface area contributed by atoms with Gasteiger partial charge in [0.15, 0.2) is 0 Å². The highest BCUT2D eigenvalue weighted by molar-refractivity contribution is 7.13. The van der Waals surface area contributed by atoms with Crippen molar-refractivity contribution in [3.05, 3.63) is 77.4 Å². The lowest BCUT2D eigenvalue weighted by Crippen LogP contribution is -2.37. The van der Waals surface area contributed by atoms with Crippen LogP contribution in [0.2, 0.25) is 0 Å². The van der Waals surface area contributed by atoms with Crippen LogP contribution in [0.4, 0.5) is 0 Å². The van der Waals surface area contributed by atoms with E-state index in [4.69, 9.17) is 0 Å². The average Bonchev–Trinajstić information content (AvgIpc) is 3.26. The van der Waals surface area contributed by atoms with Gasteiger partial charge in [0.2, 0.25) is 5.91 Å². The second kappa shape index (κ2) is 8.57. The molecule has 0 saturated carbocycles. The second-order valence-corrected chi connectivity index (χ2v) is 8.23. The van der Waals surface area contributed by atoms with Crippen molar-refractivity contribution in [2.45, 2.75) is 6.42 Å². The molecule has 6 heteroatoms. The summed E-state index contributed by atoms with van der Waals surface area (Å²) in [7, 11) is 1.82. The Kier molecular flexibility index (Phi) is 5.71. The minimum absolute atomic E-state index is 0.0490. The van der Waals surface area contributed by atoms with Crippen molar-refractivity contribution < 1.29 is 9.59 Å². The first-order valence-corrected chi connectivity index (χ1v) is 10.6. The zero-order valence-electron chi connectivity index (χ0n) is 16.3. The summed E-state index contributed by atoms with van der Waals surface area (Å²) in [6, 6.07) is 15.8. The maximum Gasteiger partial charge on any atom is 0.254 e. The number of carbonyl (C=O) groups is 2. The summed E-state index contributed by atoms with van der Waals surface area (Å²) in [5, 5.41) is 2.06. The van der Waals surface area contributed by atoms with E-state index in [1.807, 2.05) is 25.2 Å². The molecule has 2 aromatic heterocycles. The Morgan fingerprint density at radius 1 is 1.10 bits per heavy atom. The number of hydrogen-bond acceptors (Lipinski definition) is 4. The fourth-order valence-electron chi connectivity index (χ4n) is 3.78. The van der Waals surface area contributed by atoms with Crippen molar-refractivity contribution in [3.8, 4) is 10.4 Å². The average molecular weight is 406 g/mol. The normalized spacial score (nSPS) is 17.3. The maximum absolute atomic E-state index is 13.0. The number of thiophene rings is 1. The summed E-state index contributed by atoms with van der Waals surface area (Å²) >= 11 is 1.69. The van der Waals surface area contributed by atoms with Crippen molar-refractivity contribution in [1.82, 2.24) is 14.8 Å². The van der Waals surface area contributed by atoms with E-state index < -0.39 is 0 Å². The fraction of sp³-hybridized carbons (Fsp3) is 0.261. The van der Waals surface area contributed by atoms with Gasteiger partial charge >= 0.3 is 0 Å². The van der Waals surface area contributed by atoms with Crippen LogP contribution >= 0.6 is 11.3 Å². The topological polar surface area (TPSA) is 53.5 Å². The first-order chi connectivity index (χ1) is 14.1. The molecule has 3 heterocycles. The molecule has 1 aliphatic heterocycles. The summed E-state index contributed by atoms with van der Waals surface area (Å²) in [5.74, 6) is -0.225. The molecule has 0 spiro atoms. The van der Waals surface area contributed by atoms with Crippen molar-refractivity contribution in [3.63, 3.8) is 0 Å². The molecule has 2 amide bonds. The van der Waals surface area contributed by atoms with Crippen LogP contribution in [0.3, 0.4) is 0 Å². The van der Waals surface area contributed by atoms with E-state index in [9.17, 15) is 9.59 Å². The van der Waals surface area contributed by atoms with Gasteiger partial charge in [-0.2, -0.15) is 0 Å². The summed E-state index contributed by atoms with van der Waals surface area (Å²) in [6.07, 6.45) is 3.85. The van der Waals surface area contributed by atoms with Crippen LogP contribution in [0.1, 0.15) is 15.9 Å². The molecule has 1 fully saturated rings. The largest absolute Gasteiger partial charge is 0.344 e. The Bertz CT molecular complexity index is 988. The molecule has 1 aromatic carbocycles. The van der Waals surface area contributed by atoms with E-state index in [2.05, 4.69) is 28.6 Å². The third-order valence-corrected chi connectivity index (χ3v) is 6.26. The van der Waals surface area contributed by atoms with E-state index in [1.54, 1.807) is 45.7 Å². The smallest absolute Gasteiger partial charge is 0.254 e. The molecule has 1 atom stereocenters. The van der Waals surface area contributed by atoms with E-state index in [-0.39, 0.29) is 17.7 Å². The Morgan fingerprint density at radius 3 is 2.66 bits per heavy atom. The number of pyridine rings is 1. The summed E-state index contributed by atoms with van der Waals surface area (Å²) in [4.78, 5) is 34.8. The predicted molar refractivity (Wildman–Crippen MR) is 115 cm³/mol. The number of rotatable bonds is 4. The van der Waals surface area contributed by atoms with Gasteiger partial charge in [0.1, 0.15) is 0 Å². The van der Waals surface area contributed by atoms with Crippen LogP contribution in [0.5, 0.6) is 0 Å². The van der Waals surface area contributed by atoms with Gasteiger partial charge in [-0.3, -0.25) is 14.6 Å². The minimum Gasteiger partial charge on any atom is -0.344 e. The van der Waals surface area contributed by atoms with Crippen LogP contribution in [-0.4, -0.2) is 53.3 Å². The Balaban J connectivity index is 1.60. The quantitative estimate of drug-likeness (QED) is 0.667. The zero-order valence-corrected chi connectivity index (χ0v) is 17.1. The Labute approximate surface area is 174 Å². The Morgan fingerprint density at radius 2 is 1.90 bits per heavy atom. The molecule has 1 saturated heterocycles. The molecule has 4 rings (SSSR count). The van der Waals surface area contributed by atoms with Crippen molar-refractivity contribution >= 4 is 23.2 Å². The van der Waals surface area contributed by atoms with Gasteiger partial charge < -0.3 is 9.80 Å². The Hall–Kier alpha value is -2.99. The lowest BCUT2D eigenvalue weighted by atomic mass is 9.93.